The maximum atomic E-state index is 12.0. The van der Waals surface area contributed by atoms with Gasteiger partial charge in [-0.3, -0.25) is 4.79 Å². The molecule has 2 aromatic rings. The average Bonchev–Trinajstić information content (AvgIpc) is 3.05. The van der Waals surface area contributed by atoms with Crippen molar-refractivity contribution in [2.75, 3.05) is 13.7 Å². The van der Waals surface area contributed by atoms with E-state index in [2.05, 4.69) is 12.6 Å². The summed E-state index contributed by atoms with van der Waals surface area (Å²) in [5.74, 6) is 0.790. The Kier molecular flexibility index (Phi) is 5.98. The second-order valence-corrected chi connectivity index (χ2v) is 5.05. The molecule has 0 unspecified atom stereocenters. The van der Waals surface area contributed by atoms with Gasteiger partial charge in [-0.15, -0.1) is 0 Å². The number of hydrogen-bond donors (Lipinski definition) is 0. The van der Waals surface area contributed by atoms with Crippen LogP contribution < -0.4 is 0 Å². The molecule has 0 N–H and O–H groups in total. The Bertz CT molecular complexity index is 605. The van der Waals surface area contributed by atoms with E-state index in [4.69, 9.17) is 9.15 Å². The Balaban J connectivity index is 2.04. The van der Waals surface area contributed by atoms with Crippen molar-refractivity contribution in [2.24, 2.45) is 0 Å². The number of nitrogens with zero attached hydrogens (tertiary/aromatic N) is 1. The van der Waals surface area contributed by atoms with Crippen molar-refractivity contribution in [1.29, 1.82) is 0 Å². The largest absolute Gasteiger partial charge is 0.469 e. The molecular formula is C18H21NO3. The van der Waals surface area contributed by atoms with E-state index < -0.39 is 0 Å². The van der Waals surface area contributed by atoms with Gasteiger partial charge in [-0.25, -0.2) is 0 Å². The molecule has 2 rings (SSSR count). The maximum Gasteiger partial charge on any atom is 0.246 e. The summed E-state index contributed by atoms with van der Waals surface area (Å²) in [6.45, 7) is 5.28. The standard InChI is InChI=1S/C18H21NO3/c1-3-18(20)19(10-9-17-8-5-11-22-17)13-15-6-4-7-16(12-15)14-21-2/h3-8,11-12H,1,9-10,13-14H2,2H3. The van der Waals surface area contributed by atoms with Gasteiger partial charge in [0, 0.05) is 26.6 Å². The summed E-state index contributed by atoms with van der Waals surface area (Å²) in [6, 6.07) is 11.8. The Morgan fingerprint density at radius 1 is 1.32 bits per heavy atom. The lowest BCUT2D eigenvalue weighted by Gasteiger charge is -2.21. The van der Waals surface area contributed by atoms with Crippen LogP contribution in [0.1, 0.15) is 16.9 Å². The molecule has 0 fully saturated rings. The second-order valence-electron chi connectivity index (χ2n) is 5.05. The van der Waals surface area contributed by atoms with Crippen LogP contribution in [0.5, 0.6) is 0 Å². The van der Waals surface area contributed by atoms with Gasteiger partial charge in [-0.05, 0) is 29.3 Å². The molecule has 0 saturated carbocycles. The molecule has 1 aromatic heterocycles. The number of ether oxygens (including phenoxy) is 1. The number of hydrogen-bond acceptors (Lipinski definition) is 3. The van der Waals surface area contributed by atoms with Crippen LogP contribution >= 0.6 is 0 Å². The number of rotatable bonds is 8. The zero-order valence-electron chi connectivity index (χ0n) is 12.8. The molecule has 0 aliphatic carbocycles. The quantitative estimate of drug-likeness (QED) is 0.703. The van der Waals surface area contributed by atoms with Crippen LogP contribution in [-0.4, -0.2) is 24.5 Å². The van der Waals surface area contributed by atoms with E-state index in [0.717, 1.165) is 16.9 Å². The van der Waals surface area contributed by atoms with Gasteiger partial charge in [-0.1, -0.05) is 30.8 Å². The third-order valence-corrected chi connectivity index (χ3v) is 3.37. The predicted molar refractivity (Wildman–Crippen MR) is 85.2 cm³/mol. The Labute approximate surface area is 131 Å². The number of methoxy groups -OCH3 is 1. The van der Waals surface area contributed by atoms with Gasteiger partial charge in [-0.2, -0.15) is 0 Å². The number of furan rings is 1. The van der Waals surface area contributed by atoms with Crippen LogP contribution in [0.3, 0.4) is 0 Å². The zero-order chi connectivity index (χ0) is 15.8. The van der Waals surface area contributed by atoms with Gasteiger partial charge in [0.2, 0.25) is 5.91 Å². The van der Waals surface area contributed by atoms with Crippen molar-refractivity contribution in [3.63, 3.8) is 0 Å². The summed E-state index contributed by atoms with van der Waals surface area (Å²) in [5, 5.41) is 0. The van der Waals surface area contributed by atoms with Crippen LogP contribution in [0.4, 0.5) is 0 Å². The van der Waals surface area contributed by atoms with Crippen molar-refractivity contribution in [1.82, 2.24) is 4.90 Å². The third kappa shape index (κ3) is 4.60. The highest BCUT2D eigenvalue weighted by Gasteiger charge is 2.12. The molecule has 22 heavy (non-hydrogen) atoms. The van der Waals surface area contributed by atoms with Gasteiger partial charge < -0.3 is 14.1 Å². The minimum atomic E-state index is -0.0799. The molecule has 0 spiro atoms. The van der Waals surface area contributed by atoms with Gasteiger partial charge in [0.05, 0.1) is 12.9 Å². The fraction of sp³-hybridized carbons (Fsp3) is 0.278. The number of carbonyl (C=O) groups excluding carboxylic acids is 1. The minimum absolute atomic E-state index is 0.0799. The first kappa shape index (κ1) is 16.0. The molecule has 0 aliphatic heterocycles. The summed E-state index contributed by atoms with van der Waals surface area (Å²) in [5.41, 5.74) is 2.17. The molecule has 0 atom stereocenters. The zero-order valence-corrected chi connectivity index (χ0v) is 12.8. The number of amides is 1. The Hall–Kier alpha value is -2.33. The van der Waals surface area contributed by atoms with E-state index in [1.165, 1.54) is 6.08 Å². The highest BCUT2D eigenvalue weighted by molar-refractivity contribution is 5.86. The first-order valence-electron chi connectivity index (χ1n) is 7.23. The first-order chi connectivity index (χ1) is 10.7. The van der Waals surface area contributed by atoms with Crippen molar-refractivity contribution >= 4 is 5.91 Å². The van der Waals surface area contributed by atoms with E-state index in [9.17, 15) is 4.79 Å². The fourth-order valence-electron chi connectivity index (χ4n) is 2.30. The lowest BCUT2D eigenvalue weighted by molar-refractivity contribution is -0.126. The molecule has 1 aromatic carbocycles. The van der Waals surface area contributed by atoms with Crippen molar-refractivity contribution < 1.29 is 13.9 Å². The Morgan fingerprint density at radius 2 is 2.14 bits per heavy atom. The van der Waals surface area contributed by atoms with Gasteiger partial charge in [0.15, 0.2) is 0 Å². The smallest absolute Gasteiger partial charge is 0.246 e. The normalized spacial score (nSPS) is 10.4. The Morgan fingerprint density at radius 3 is 2.82 bits per heavy atom. The molecule has 0 bridgehead atoms. The predicted octanol–water partition coefficient (Wildman–Crippen LogP) is 3.18. The molecule has 0 saturated heterocycles. The van der Waals surface area contributed by atoms with Crippen molar-refractivity contribution in [3.05, 3.63) is 72.2 Å². The molecular weight excluding hydrogens is 278 g/mol. The first-order valence-corrected chi connectivity index (χ1v) is 7.23. The molecule has 0 aliphatic rings. The average molecular weight is 299 g/mol. The van der Waals surface area contributed by atoms with Gasteiger partial charge >= 0.3 is 0 Å². The molecule has 1 heterocycles. The second kappa shape index (κ2) is 8.20. The third-order valence-electron chi connectivity index (χ3n) is 3.37. The summed E-state index contributed by atoms with van der Waals surface area (Å²) < 4.78 is 10.5. The number of benzene rings is 1. The number of carbonyl (C=O) groups is 1. The van der Waals surface area contributed by atoms with E-state index in [-0.39, 0.29) is 5.91 Å². The lowest BCUT2D eigenvalue weighted by Crippen LogP contribution is -2.30. The van der Waals surface area contributed by atoms with Crippen LogP contribution in [0, 0.1) is 0 Å². The summed E-state index contributed by atoms with van der Waals surface area (Å²) >= 11 is 0. The summed E-state index contributed by atoms with van der Waals surface area (Å²) in [4.78, 5) is 13.8. The molecule has 4 heteroatoms. The molecule has 4 nitrogen and oxygen atoms in total. The van der Waals surface area contributed by atoms with E-state index in [1.807, 2.05) is 30.3 Å². The molecule has 116 valence electrons. The highest BCUT2D eigenvalue weighted by Crippen LogP contribution is 2.11. The SMILES string of the molecule is C=CC(=O)N(CCc1ccco1)Cc1cccc(COC)c1. The van der Waals surface area contributed by atoms with Gasteiger partial charge in [0.1, 0.15) is 5.76 Å². The molecule has 1 amide bonds. The molecule has 0 radical (unpaired) electrons. The van der Waals surface area contributed by atoms with E-state index >= 15 is 0 Å². The van der Waals surface area contributed by atoms with Crippen LogP contribution in [0.15, 0.2) is 59.7 Å². The van der Waals surface area contributed by atoms with Crippen molar-refractivity contribution in [3.8, 4) is 0 Å². The van der Waals surface area contributed by atoms with E-state index in [0.29, 0.717) is 26.1 Å². The summed E-state index contributed by atoms with van der Waals surface area (Å²) in [6.07, 6.45) is 3.68. The van der Waals surface area contributed by atoms with Gasteiger partial charge in [0.25, 0.3) is 0 Å². The summed E-state index contributed by atoms with van der Waals surface area (Å²) in [7, 11) is 1.67. The van der Waals surface area contributed by atoms with Crippen LogP contribution in [0.25, 0.3) is 0 Å². The van der Waals surface area contributed by atoms with Crippen molar-refractivity contribution in [2.45, 2.75) is 19.6 Å². The van der Waals surface area contributed by atoms with Crippen LogP contribution in [-0.2, 0) is 29.1 Å². The highest BCUT2D eigenvalue weighted by atomic mass is 16.5. The topological polar surface area (TPSA) is 42.7 Å². The lowest BCUT2D eigenvalue weighted by atomic mass is 10.1. The van der Waals surface area contributed by atoms with Crippen LogP contribution in [0.2, 0.25) is 0 Å². The maximum absolute atomic E-state index is 12.0. The monoisotopic (exact) mass is 299 g/mol. The fourth-order valence-corrected chi connectivity index (χ4v) is 2.30. The van der Waals surface area contributed by atoms with E-state index in [1.54, 1.807) is 18.3 Å². The minimum Gasteiger partial charge on any atom is -0.469 e.